The number of fused-ring (bicyclic) bond motifs is 1. The van der Waals surface area contributed by atoms with Gasteiger partial charge in [0.25, 0.3) is 0 Å². The van der Waals surface area contributed by atoms with Gasteiger partial charge in [-0.1, -0.05) is 74.5 Å². The molecule has 1 heterocycles. The molecule has 40 heavy (non-hydrogen) atoms. The van der Waals surface area contributed by atoms with E-state index >= 15 is 0 Å². The van der Waals surface area contributed by atoms with E-state index < -0.39 is 0 Å². The Bertz CT molecular complexity index is 1630. The van der Waals surface area contributed by atoms with Gasteiger partial charge in [0.2, 0.25) is 0 Å². The third kappa shape index (κ3) is 5.80. The van der Waals surface area contributed by atoms with Crippen LogP contribution in [-0.4, -0.2) is 12.6 Å². The molecule has 204 valence electrons. The SMILES string of the molecule is CCOC(=O)Cc1ccccc1OCc1coc2c(-c3ccccc3C(C)C)cc(-c3cccc(CN)c3)cc12. The first-order chi connectivity index (χ1) is 19.5. The van der Waals surface area contributed by atoms with Crippen LogP contribution in [0.3, 0.4) is 0 Å². The number of rotatable bonds is 10. The number of hydrogen-bond donors (Lipinski definition) is 1. The third-order valence-corrected chi connectivity index (χ3v) is 7.12. The summed E-state index contributed by atoms with van der Waals surface area (Å²) in [5.41, 5.74) is 15.2. The highest BCUT2D eigenvalue weighted by atomic mass is 16.5. The molecule has 0 saturated carbocycles. The van der Waals surface area contributed by atoms with Gasteiger partial charge in [-0.05, 0) is 64.9 Å². The molecule has 0 saturated heterocycles. The van der Waals surface area contributed by atoms with Gasteiger partial charge in [0, 0.05) is 28.6 Å². The Morgan fingerprint density at radius 1 is 0.875 bits per heavy atom. The molecular weight excluding hydrogens is 498 g/mol. The van der Waals surface area contributed by atoms with Gasteiger partial charge in [0.05, 0.1) is 19.3 Å². The number of para-hydroxylation sites is 1. The maximum absolute atomic E-state index is 12.1. The largest absolute Gasteiger partial charge is 0.488 e. The number of ether oxygens (including phenoxy) is 2. The van der Waals surface area contributed by atoms with Crippen molar-refractivity contribution in [1.82, 2.24) is 0 Å². The molecule has 0 spiro atoms. The number of hydrogen-bond acceptors (Lipinski definition) is 5. The smallest absolute Gasteiger partial charge is 0.310 e. The Balaban J connectivity index is 1.58. The molecule has 2 N–H and O–H groups in total. The van der Waals surface area contributed by atoms with Crippen LogP contribution in [0.4, 0.5) is 0 Å². The summed E-state index contributed by atoms with van der Waals surface area (Å²) in [5.74, 6) is 0.733. The van der Waals surface area contributed by atoms with Crippen molar-refractivity contribution >= 4 is 16.9 Å². The number of benzene rings is 4. The van der Waals surface area contributed by atoms with E-state index in [0.717, 1.165) is 49.9 Å². The Morgan fingerprint density at radius 3 is 2.48 bits per heavy atom. The lowest BCUT2D eigenvalue weighted by atomic mass is 9.89. The molecule has 0 aliphatic carbocycles. The van der Waals surface area contributed by atoms with Crippen LogP contribution in [0, 0.1) is 0 Å². The first-order valence-electron chi connectivity index (χ1n) is 13.8. The molecule has 0 aliphatic rings. The van der Waals surface area contributed by atoms with E-state index in [1.54, 1.807) is 13.2 Å². The molecule has 5 rings (SSSR count). The molecule has 0 bridgehead atoms. The average Bonchev–Trinajstić information content (AvgIpc) is 3.39. The fourth-order valence-corrected chi connectivity index (χ4v) is 5.10. The lowest BCUT2D eigenvalue weighted by molar-refractivity contribution is -0.142. The summed E-state index contributed by atoms with van der Waals surface area (Å²) in [7, 11) is 0. The van der Waals surface area contributed by atoms with Crippen LogP contribution in [0.1, 0.15) is 48.9 Å². The second-order valence-electron chi connectivity index (χ2n) is 10.2. The van der Waals surface area contributed by atoms with Gasteiger partial charge in [-0.25, -0.2) is 0 Å². The summed E-state index contributed by atoms with van der Waals surface area (Å²) in [6, 6.07) is 28.8. The van der Waals surface area contributed by atoms with E-state index in [1.807, 2.05) is 36.4 Å². The first-order valence-corrected chi connectivity index (χ1v) is 13.8. The van der Waals surface area contributed by atoms with Crippen molar-refractivity contribution in [2.24, 2.45) is 5.73 Å². The second kappa shape index (κ2) is 12.2. The molecule has 0 atom stereocenters. The minimum atomic E-state index is -0.273. The molecular formula is C35H35NO4. The normalized spacial score (nSPS) is 11.2. The summed E-state index contributed by atoms with van der Waals surface area (Å²) in [5, 5.41) is 0.993. The monoisotopic (exact) mass is 533 g/mol. The van der Waals surface area contributed by atoms with Gasteiger partial charge in [0.15, 0.2) is 0 Å². The van der Waals surface area contributed by atoms with E-state index in [9.17, 15) is 4.79 Å². The van der Waals surface area contributed by atoms with Gasteiger partial charge >= 0.3 is 5.97 Å². The van der Waals surface area contributed by atoms with Gasteiger partial charge in [-0.15, -0.1) is 0 Å². The van der Waals surface area contributed by atoms with Gasteiger partial charge in [0.1, 0.15) is 17.9 Å². The fraction of sp³-hybridized carbons (Fsp3) is 0.229. The molecule has 5 heteroatoms. The van der Waals surface area contributed by atoms with E-state index in [2.05, 4.69) is 62.4 Å². The first kappa shape index (κ1) is 27.2. The van der Waals surface area contributed by atoms with Crippen LogP contribution < -0.4 is 10.5 Å². The Labute approximate surface area is 235 Å². The van der Waals surface area contributed by atoms with Crippen LogP contribution in [0.15, 0.2) is 95.6 Å². The number of carbonyl (C=O) groups excluding carboxylic acids is 1. The molecule has 1 aromatic heterocycles. The predicted octanol–water partition coefficient (Wildman–Crippen LogP) is 8.03. The highest BCUT2D eigenvalue weighted by Gasteiger charge is 2.19. The maximum Gasteiger partial charge on any atom is 0.310 e. The fourth-order valence-electron chi connectivity index (χ4n) is 5.10. The summed E-state index contributed by atoms with van der Waals surface area (Å²) in [6.07, 6.45) is 1.94. The van der Waals surface area contributed by atoms with Gasteiger partial charge in [-0.3, -0.25) is 4.79 Å². The molecule has 0 amide bonds. The zero-order chi connectivity index (χ0) is 28.1. The zero-order valence-electron chi connectivity index (χ0n) is 23.3. The minimum absolute atomic E-state index is 0.161. The molecule has 5 nitrogen and oxygen atoms in total. The van der Waals surface area contributed by atoms with Crippen molar-refractivity contribution in [3.05, 3.63) is 113 Å². The zero-order valence-corrected chi connectivity index (χ0v) is 23.3. The molecule has 0 radical (unpaired) electrons. The Kier molecular flexibility index (Phi) is 8.32. The lowest BCUT2D eigenvalue weighted by Crippen LogP contribution is -2.09. The predicted molar refractivity (Wildman–Crippen MR) is 160 cm³/mol. The van der Waals surface area contributed by atoms with Crippen LogP contribution in [0.5, 0.6) is 5.75 Å². The summed E-state index contributed by atoms with van der Waals surface area (Å²) < 4.78 is 17.7. The van der Waals surface area contributed by atoms with Crippen LogP contribution in [0.2, 0.25) is 0 Å². The van der Waals surface area contributed by atoms with Crippen molar-refractivity contribution in [1.29, 1.82) is 0 Å². The number of furan rings is 1. The maximum atomic E-state index is 12.1. The summed E-state index contributed by atoms with van der Waals surface area (Å²) in [4.78, 5) is 12.1. The van der Waals surface area contributed by atoms with Crippen LogP contribution >= 0.6 is 0 Å². The highest BCUT2D eigenvalue weighted by molar-refractivity contribution is 5.99. The van der Waals surface area contributed by atoms with Crippen molar-refractivity contribution in [2.75, 3.05) is 6.61 Å². The highest BCUT2D eigenvalue weighted by Crippen LogP contribution is 2.40. The van der Waals surface area contributed by atoms with Gasteiger partial charge < -0.3 is 19.6 Å². The van der Waals surface area contributed by atoms with Crippen molar-refractivity contribution < 1.29 is 18.7 Å². The molecule has 0 aliphatic heterocycles. The van der Waals surface area contributed by atoms with Gasteiger partial charge in [-0.2, -0.15) is 0 Å². The topological polar surface area (TPSA) is 74.7 Å². The van der Waals surface area contributed by atoms with Crippen molar-refractivity contribution in [3.8, 4) is 28.0 Å². The number of nitrogens with two attached hydrogens (primary N) is 1. The Hall–Kier alpha value is -4.35. The Morgan fingerprint density at radius 2 is 1.68 bits per heavy atom. The van der Waals surface area contributed by atoms with E-state index in [0.29, 0.717) is 31.4 Å². The summed E-state index contributed by atoms with van der Waals surface area (Å²) >= 11 is 0. The van der Waals surface area contributed by atoms with E-state index in [1.165, 1.54) is 5.56 Å². The van der Waals surface area contributed by atoms with Crippen LogP contribution in [-0.2, 0) is 29.1 Å². The second-order valence-corrected chi connectivity index (χ2v) is 10.2. The molecule has 5 aromatic rings. The molecule has 0 unspecified atom stereocenters. The van der Waals surface area contributed by atoms with E-state index in [4.69, 9.17) is 19.6 Å². The van der Waals surface area contributed by atoms with Crippen molar-refractivity contribution in [3.63, 3.8) is 0 Å². The van der Waals surface area contributed by atoms with Crippen molar-refractivity contribution in [2.45, 2.75) is 46.3 Å². The quantitative estimate of drug-likeness (QED) is 0.184. The standard InChI is InChI=1S/C35H35NO4/c1-4-38-34(37)19-26-11-5-8-15-33(26)39-21-28-22-40-35-31(28)17-27(25-12-9-10-24(16-25)20-36)18-32(35)30-14-7-6-13-29(30)23(2)3/h5-18,22-23H,4,19-21,36H2,1-3H3. The van der Waals surface area contributed by atoms with Crippen LogP contribution in [0.25, 0.3) is 33.2 Å². The third-order valence-electron chi connectivity index (χ3n) is 7.12. The number of esters is 1. The lowest BCUT2D eigenvalue weighted by Gasteiger charge is -2.15. The molecule has 0 fully saturated rings. The average molecular weight is 534 g/mol. The molecule has 4 aromatic carbocycles. The van der Waals surface area contributed by atoms with E-state index in [-0.39, 0.29) is 12.4 Å². The summed E-state index contributed by atoms with van der Waals surface area (Å²) in [6.45, 7) is 7.35. The number of carbonyl (C=O) groups is 1. The minimum Gasteiger partial charge on any atom is -0.488 e.